The van der Waals surface area contributed by atoms with Crippen molar-refractivity contribution in [3.05, 3.63) is 139 Å². The van der Waals surface area contributed by atoms with Gasteiger partial charge >= 0.3 is 17.9 Å². The van der Waals surface area contributed by atoms with Crippen LogP contribution in [0.25, 0.3) is 18.2 Å². The molecule has 0 radical (unpaired) electrons. The van der Waals surface area contributed by atoms with Gasteiger partial charge < -0.3 is 29.5 Å². The fraction of sp³-hybridized carbons (Fsp3) is 0.500. The Hall–Kier alpha value is -5.09. The number of hydrogen-bond acceptors (Lipinski definition) is 9. The highest BCUT2D eigenvalue weighted by Crippen LogP contribution is 2.73. The second kappa shape index (κ2) is 19.9. The van der Waals surface area contributed by atoms with Crippen molar-refractivity contribution in [2.45, 2.75) is 117 Å². The number of aliphatic hydroxyl groups is 3. The standard InChI is InChI=1S/C58H72O9/c1-8-18-45-55(5)33-32-46(59)56(6,38-65-48(61)28-25-40-19-12-9-13-20-40)44(55)31-34-57(45,7)54(4)36-43-35-53(2,3)51(64)52(67-50(63)30-27-42-23-16-11-17-24-42)58(43,47(60)37-54)39-66-49(62)29-26-41-21-14-10-15-22-41/h8-17,19-30,43-47,51-52,59-60,64H,1,18,31-39H2,2-7H3/t43?,44?,45?,46-,47+,51-,52-,54-,55-,56+,57+,58-/m0/s1. The van der Waals surface area contributed by atoms with Gasteiger partial charge in [0, 0.05) is 23.6 Å². The summed E-state index contributed by atoms with van der Waals surface area (Å²) in [4.78, 5) is 40.6. The minimum Gasteiger partial charge on any atom is -0.462 e. The maximum Gasteiger partial charge on any atom is 0.331 e. The van der Waals surface area contributed by atoms with E-state index in [1.165, 1.54) is 18.2 Å². The van der Waals surface area contributed by atoms with Crippen LogP contribution in [0, 0.1) is 50.2 Å². The van der Waals surface area contributed by atoms with E-state index < -0.39 is 64.0 Å². The first-order valence-electron chi connectivity index (χ1n) is 24.2. The van der Waals surface area contributed by atoms with E-state index in [2.05, 4.69) is 34.3 Å². The number of carbonyl (C=O) groups is 3. The number of hydrogen-bond donors (Lipinski definition) is 3. The predicted octanol–water partition coefficient (Wildman–Crippen LogP) is 10.5. The first kappa shape index (κ1) is 49.8. The largest absolute Gasteiger partial charge is 0.462 e. The summed E-state index contributed by atoms with van der Waals surface area (Å²) in [5.74, 6) is -1.96. The van der Waals surface area contributed by atoms with Gasteiger partial charge in [-0.1, -0.05) is 139 Å². The molecule has 0 bridgehead atoms. The van der Waals surface area contributed by atoms with Crippen molar-refractivity contribution in [3.8, 4) is 0 Å². The number of fused-ring (bicyclic) bond motifs is 2. The first-order valence-corrected chi connectivity index (χ1v) is 24.2. The zero-order valence-corrected chi connectivity index (χ0v) is 40.3. The van der Waals surface area contributed by atoms with Crippen LogP contribution in [0.1, 0.15) is 110 Å². The maximum atomic E-state index is 13.8. The summed E-state index contributed by atoms with van der Waals surface area (Å²) >= 11 is 0. The van der Waals surface area contributed by atoms with Crippen molar-refractivity contribution < 1.29 is 43.9 Å². The van der Waals surface area contributed by atoms with Crippen LogP contribution in [0.4, 0.5) is 0 Å². The van der Waals surface area contributed by atoms with Crippen molar-refractivity contribution in [1.29, 1.82) is 0 Å². The molecule has 12 atom stereocenters. The summed E-state index contributed by atoms with van der Waals surface area (Å²) in [6.45, 7) is 17.1. The van der Waals surface area contributed by atoms with E-state index in [4.69, 9.17) is 14.2 Å². The molecule has 0 aromatic heterocycles. The van der Waals surface area contributed by atoms with Crippen LogP contribution < -0.4 is 0 Å². The second-order valence-corrected chi connectivity index (χ2v) is 21.9. The molecule has 4 aliphatic rings. The first-order chi connectivity index (χ1) is 31.8. The van der Waals surface area contributed by atoms with Crippen molar-refractivity contribution in [3.63, 3.8) is 0 Å². The van der Waals surface area contributed by atoms with Gasteiger partial charge in [0.15, 0.2) is 0 Å². The second-order valence-electron chi connectivity index (χ2n) is 21.9. The molecule has 4 saturated carbocycles. The van der Waals surface area contributed by atoms with Crippen molar-refractivity contribution in [2.75, 3.05) is 13.2 Å². The molecule has 7 rings (SSSR count). The fourth-order valence-electron chi connectivity index (χ4n) is 13.6. The van der Waals surface area contributed by atoms with Gasteiger partial charge in [-0.15, -0.1) is 6.58 Å². The van der Waals surface area contributed by atoms with Crippen LogP contribution in [0.3, 0.4) is 0 Å². The molecular weight excluding hydrogens is 841 g/mol. The molecule has 9 nitrogen and oxygen atoms in total. The number of aliphatic hydroxyl groups excluding tert-OH is 3. The minimum absolute atomic E-state index is 0.0173. The molecule has 3 N–H and O–H groups in total. The Balaban J connectivity index is 1.20. The SMILES string of the molecule is C=CCC1[C@@]2(C)CC[C@H](O)[C@](C)(COC(=O)C=Cc3ccccc3)C2CC[C@@]1(C)[C@@]1(C)CC2CC(C)(C)[C@@H](O)[C@H](OC(=O)C=Cc3ccccc3)[C@]2(COC(=O)C=Cc2ccccc2)[C@H](O)C1. The molecule has 358 valence electrons. The highest BCUT2D eigenvalue weighted by Gasteiger charge is 2.71. The number of ether oxygens (including phenoxy) is 3. The van der Waals surface area contributed by atoms with Gasteiger partial charge in [0.05, 0.1) is 30.3 Å². The smallest absolute Gasteiger partial charge is 0.331 e. The van der Waals surface area contributed by atoms with Crippen LogP contribution in [-0.4, -0.2) is 70.9 Å². The lowest BCUT2D eigenvalue weighted by Crippen LogP contribution is -2.71. The molecule has 9 heteroatoms. The molecule has 0 aliphatic heterocycles. The summed E-state index contributed by atoms with van der Waals surface area (Å²) < 4.78 is 18.4. The summed E-state index contributed by atoms with van der Waals surface area (Å²) in [5.41, 5.74) is -1.40. The molecule has 3 aromatic carbocycles. The van der Waals surface area contributed by atoms with E-state index in [9.17, 15) is 29.7 Å². The number of rotatable bonds is 14. The lowest BCUT2D eigenvalue weighted by molar-refractivity contribution is -0.279. The average Bonchev–Trinajstić information content (AvgIpc) is 3.31. The van der Waals surface area contributed by atoms with E-state index in [-0.39, 0.29) is 41.8 Å². The van der Waals surface area contributed by atoms with Crippen LogP contribution in [0.5, 0.6) is 0 Å². The Kier molecular flexibility index (Phi) is 14.8. The zero-order valence-electron chi connectivity index (χ0n) is 40.3. The Labute approximate surface area is 398 Å². The molecule has 67 heavy (non-hydrogen) atoms. The third-order valence-corrected chi connectivity index (χ3v) is 17.6. The molecule has 0 amide bonds. The van der Waals surface area contributed by atoms with Crippen LogP contribution in [-0.2, 0) is 28.6 Å². The monoisotopic (exact) mass is 913 g/mol. The number of esters is 3. The van der Waals surface area contributed by atoms with Crippen LogP contribution >= 0.6 is 0 Å². The Morgan fingerprint density at radius 1 is 0.642 bits per heavy atom. The molecule has 3 aromatic rings. The summed E-state index contributed by atoms with van der Waals surface area (Å²) in [5, 5.41) is 37.1. The third kappa shape index (κ3) is 9.79. The molecule has 3 unspecified atom stereocenters. The Morgan fingerprint density at radius 2 is 1.15 bits per heavy atom. The third-order valence-electron chi connectivity index (χ3n) is 17.6. The average molecular weight is 913 g/mol. The minimum atomic E-state index is -1.33. The number of allylic oxidation sites excluding steroid dienone is 1. The molecule has 0 saturated heterocycles. The normalized spacial score (nSPS) is 35.9. The quantitative estimate of drug-likeness (QED) is 0.0624. The summed E-state index contributed by atoms with van der Waals surface area (Å²) in [7, 11) is 0. The van der Waals surface area contributed by atoms with Crippen LogP contribution in [0.2, 0.25) is 0 Å². The molecule has 4 fully saturated rings. The van der Waals surface area contributed by atoms with Gasteiger partial charge in [-0.3, -0.25) is 0 Å². The van der Waals surface area contributed by atoms with Gasteiger partial charge in [0.25, 0.3) is 0 Å². The maximum absolute atomic E-state index is 13.8. The fourth-order valence-corrected chi connectivity index (χ4v) is 13.6. The Bertz CT molecular complexity index is 2300. The van der Waals surface area contributed by atoms with Crippen molar-refractivity contribution in [2.24, 2.45) is 50.2 Å². The number of carbonyl (C=O) groups excluding carboxylic acids is 3. The number of benzene rings is 3. The molecule has 0 heterocycles. The van der Waals surface area contributed by atoms with Gasteiger partial charge in [-0.05, 0) is 126 Å². The van der Waals surface area contributed by atoms with E-state index in [0.29, 0.717) is 32.1 Å². The van der Waals surface area contributed by atoms with Crippen molar-refractivity contribution >= 4 is 36.1 Å². The molecule has 0 spiro atoms. The Morgan fingerprint density at radius 3 is 1.67 bits per heavy atom. The lowest BCUT2D eigenvalue weighted by Gasteiger charge is -2.70. The molecular formula is C58H72O9. The van der Waals surface area contributed by atoms with Gasteiger partial charge in [0.1, 0.15) is 12.7 Å². The summed E-state index contributed by atoms with van der Waals surface area (Å²) in [6, 6.07) is 28.4. The topological polar surface area (TPSA) is 140 Å². The summed E-state index contributed by atoms with van der Waals surface area (Å²) in [6.07, 6.45) is 12.1. The highest BCUT2D eigenvalue weighted by molar-refractivity contribution is 5.88. The molecule has 4 aliphatic carbocycles. The van der Waals surface area contributed by atoms with E-state index >= 15 is 0 Å². The lowest BCUT2D eigenvalue weighted by atomic mass is 9.35. The van der Waals surface area contributed by atoms with E-state index in [0.717, 1.165) is 36.0 Å². The predicted molar refractivity (Wildman–Crippen MR) is 262 cm³/mol. The zero-order chi connectivity index (χ0) is 48.3. The highest BCUT2D eigenvalue weighted by atomic mass is 16.6. The van der Waals surface area contributed by atoms with Crippen molar-refractivity contribution in [1.82, 2.24) is 0 Å². The van der Waals surface area contributed by atoms with E-state index in [1.54, 1.807) is 18.2 Å². The van der Waals surface area contributed by atoms with Gasteiger partial charge in [0.2, 0.25) is 0 Å². The van der Waals surface area contributed by atoms with Crippen LogP contribution in [0.15, 0.2) is 122 Å². The van der Waals surface area contributed by atoms with Gasteiger partial charge in [-0.25, -0.2) is 14.4 Å². The van der Waals surface area contributed by atoms with E-state index in [1.807, 2.05) is 111 Å². The van der Waals surface area contributed by atoms with Gasteiger partial charge in [-0.2, -0.15) is 0 Å².